The third-order valence-electron chi connectivity index (χ3n) is 3.34. The quantitative estimate of drug-likeness (QED) is 0.543. The van der Waals surface area contributed by atoms with E-state index in [9.17, 15) is 10.1 Å². The molecule has 0 aliphatic rings. The summed E-state index contributed by atoms with van der Waals surface area (Å²) in [7, 11) is 0. The van der Waals surface area contributed by atoms with Crippen molar-refractivity contribution in [3.05, 3.63) is 69.6 Å². The minimum absolute atomic E-state index is 0.000516. The molecule has 0 saturated carbocycles. The van der Waals surface area contributed by atoms with E-state index in [0.29, 0.717) is 29.0 Å². The highest BCUT2D eigenvalue weighted by Crippen LogP contribution is 2.22. The maximum Gasteiger partial charge on any atom is 0.271 e. The summed E-state index contributed by atoms with van der Waals surface area (Å²) in [5.74, 6) is 0.542. The van der Waals surface area contributed by atoms with Crippen LogP contribution in [0.3, 0.4) is 0 Å². The molecule has 108 valence electrons. The number of fused-ring (bicyclic) bond motifs is 1. The van der Waals surface area contributed by atoms with Gasteiger partial charge in [-0.2, -0.15) is 5.26 Å². The van der Waals surface area contributed by atoms with Crippen LogP contribution in [0.15, 0.2) is 46.9 Å². The molecule has 0 N–H and O–H groups in total. The fourth-order valence-corrected chi connectivity index (χ4v) is 2.18. The standard InChI is InChI=1S/C16H11N3O3/c17-10-12-3-1-11(2-4-12)5-8-16-18-14-9-13(19(20)21)6-7-15(14)22-16/h1-4,6-7,9H,5,8H2. The number of oxazole rings is 1. The summed E-state index contributed by atoms with van der Waals surface area (Å²) >= 11 is 0. The van der Waals surface area contributed by atoms with Gasteiger partial charge in [0.1, 0.15) is 5.52 Å². The average molecular weight is 293 g/mol. The van der Waals surface area contributed by atoms with Gasteiger partial charge in [0.2, 0.25) is 0 Å². The number of benzene rings is 2. The van der Waals surface area contributed by atoms with Crippen molar-refractivity contribution in [3.63, 3.8) is 0 Å². The van der Waals surface area contributed by atoms with E-state index in [1.54, 1.807) is 18.2 Å². The molecular weight excluding hydrogens is 282 g/mol. The normalized spacial score (nSPS) is 10.5. The van der Waals surface area contributed by atoms with Crippen molar-refractivity contribution in [1.29, 1.82) is 5.26 Å². The van der Waals surface area contributed by atoms with Crippen LogP contribution in [0.25, 0.3) is 11.1 Å². The smallest absolute Gasteiger partial charge is 0.271 e. The number of hydrogen-bond acceptors (Lipinski definition) is 5. The van der Waals surface area contributed by atoms with Crippen LogP contribution in [0.1, 0.15) is 17.0 Å². The number of nitro benzene ring substituents is 1. The summed E-state index contributed by atoms with van der Waals surface area (Å²) in [5.41, 5.74) is 2.73. The van der Waals surface area contributed by atoms with Gasteiger partial charge in [0.05, 0.1) is 16.6 Å². The Bertz CT molecular complexity index is 876. The van der Waals surface area contributed by atoms with Gasteiger partial charge in [0, 0.05) is 18.6 Å². The third-order valence-corrected chi connectivity index (χ3v) is 3.34. The van der Waals surface area contributed by atoms with Gasteiger partial charge in [0.25, 0.3) is 5.69 Å². The van der Waals surface area contributed by atoms with Crippen LogP contribution < -0.4 is 0 Å². The van der Waals surface area contributed by atoms with Crippen molar-refractivity contribution in [3.8, 4) is 6.07 Å². The van der Waals surface area contributed by atoms with Crippen LogP contribution in [0.5, 0.6) is 0 Å². The van der Waals surface area contributed by atoms with Gasteiger partial charge in [-0.1, -0.05) is 12.1 Å². The Kier molecular flexibility index (Phi) is 3.54. The molecule has 6 nitrogen and oxygen atoms in total. The van der Waals surface area contributed by atoms with E-state index >= 15 is 0 Å². The molecule has 0 aliphatic heterocycles. The summed E-state index contributed by atoms with van der Waals surface area (Å²) in [5, 5.41) is 19.5. The van der Waals surface area contributed by atoms with Gasteiger partial charge in [-0.25, -0.2) is 4.98 Å². The topological polar surface area (TPSA) is 93.0 Å². The third kappa shape index (κ3) is 2.79. The SMILES string of the molecule is N#Cc1ccc(CCc2nc3cc([N+](=O)[O-])ccc3o2)cc1. The van der Waals surface area contributed by atoms with E-state index in [-0.39, 0.29) is 5.69 Å². The van der Waals surface area contributed by atoms with E-state index in [0.717, 1.165) is 12.0 Å². The predicted molar refractivity (Wildman–Crippen MR) is 79.2 cm³/mol. The first-order valence-corrected chi connectivity index (χ1v) is 6.68. The van der Waals surface area contributed by atoms with Crippen LogP contribution in [-0.2, 0) is 12.8 Å². The molecule has 1 heterocycles. The van der Waals surface area contributed by atoms with Crippen molar-refractivity contribution in [2.45, 2.75) is 12.8 Å². The highest BCUT2D eigenvalue weighted by Gasteiger charge is 2.11. The maximum absolute atomic E-state index is 10.7. The summed E-state index contributed by atoms with van der Waals surface area (Å²) in [6, 6.07) is 13.8. The Morgan fingerprint density at radius 1 is 1.18 bits per heavy atom. The Hall–Kier alpha value is -3.20. The Morgan fingerprint density at radius 2 is 1.95 bits per heavy atom. The van der Waals surface area contributed by atoms with E-state index in [2.05, 4.69) is 11.1 Å². The predicted octanol–water partition coefficient (Wildman–Crippen LogP) is 3.39. The second-order valence-corrected chi connectivity index (χ2v) is 4.83. The molecule has 2 aromatic carbocycles. The van der Waals surface area contributed by atoms with Crippen LogP contribution in [0.2, 0.25) is 0 Å². The fraction of sp³-hybridized carbons (Fsp3) is 0.125. The number of non-ortho nitro benzene ring substituents is 1. The van der Waals surface area contributed by atoms with Gasteiger partial charge in [0.15, 0.2) is 11.5 Å². The number of nitriles is 1. The molecule has 0 atom stereocenters. The zero-order valence-corrected chi connectivity index (χ0v) is 11.5. The molecule has 0 bridgehead atoms. The molecule has 0 unspecified atom stereocenters. The molecule has 1 aromatic heterocycles. The molecule has 6 heteroatoms. The van der Waals surface area contributed by atoms with Gasteiger partial charge < -0.3 is 4.42 Å². The van der Waals surface area contributed by atoms with E-state index in [4.69, 9.17) is 9.68 Å². The lowest BCUT2D eigenvalue weighted by molar-refractivity contribution is -0.384. The zero-order valence-electron chi connectivity index (χ0n) is 11.5. The van der Waals surface area contributed by atoms with Gasteiger partial charge in [-0.05, 0) is 30.2 Å². The van der Waals surface area contributed by atoms with Gasteiger partial charge in [-0.15, -0.1) is 0 Å². The first-order chi connectivity index (χ1) is 10.7. The molecule has 3 rings (SSSR count). The highest BCUT2D eigenvalue weighted by atomic mass is 16.6. The molecule has 3 aromatic rings. The molecule has 22 heavy (non-hydrogen) atoms. The molecule has 0 radical (unpaired) electrons. The van der Waals surface area contributed by atoms with Crippen molar-refractivity contribution in [1.82, 2.24) is 4.98 Å². The lowest BCUT2D eigenvalue weighted by Crippen LogP contribution is -1.91. The van der Waals surface area contributed by atoms with E-state index in [1.165, 1.54) is 12.1 Å². The molecule has 0 spiro atoms. The molecule has 0 saturated heterocycles. The minimum Gasteiger partial charge on any atom is -0.441 e. The Balaban J connectivity index is 1.76. The number of nitro groups is 1. The van der Waals surface area contributed by atoms with E-state index < -0.39 is 4.92 Å². The van der Waals surface area contributed by atoms with Crippen LogP contribution in [-0.4, -0.2) is 9.91 Å². The lowest BCUT2D eigenvalue weighted by Gasteiger charge is -1.98. The number of hydrogen-bond donors (Lipinski definition) is 0. The Labute approximate surface area is 125 Å². The molecule has 0 aliphatic carbocycles. The van der Waals surface area contributed by atoms with Crippen LogP contribution >= 0.6 is 0 Å². The van der Waals surface area contributed by atoms with Crippen LogP contribution in [0.4, 0.5) is 5.69 Å². The number of aryl methyl sites for hydroxylation is 2. The number of nitrogens with zero attached hydrogens (tertiary/aromatic N) is 3. The summed E-state index contributed by atoms with van der Waals surface area (Å²) in [4.78, 5) is 14.6. The van der Waals surface area contributed by atoms with Crippen molar-refractivity contribution >= 4 is 16.8 Å². The summed E-state index contributed by atoms with van der Waals surface area (Å²) in [6.07, 6.45) is 1.31. The second-order valence-electron chi connectivity index (χ2n) is 4.83. The Morgan fingerprint density at radius 3 is 2.64 bits per heavy atom. The average Bonchev–Trinajstić information content (AvgIpc) is 2.95. The fourth-order valence-electron chi connectivity index (χ4n) is 2.18. The van der Waals surface area contributed by atoms with Crippen molar-refractivity contribution in [2.24, 2.45) is 0 Å². The van der Waals surface area contributed by atoms with E-state index in [1.807, 2.05) is 12.1 Å². The molecule has 0 fully saturated rings. The first kappa shape index (κ1) is 13.8. The molecule has 0 amide bonds. The monoisotopic (exact) mass is 293 g/mol. The van der Waals surface area contributed by atoms with Crippen molar-refractivity contribution < 1.29 is 9.34 Å². The second kappa shape index (κ2) is 5.66. The number of aromatic nitrogens is 1. The van der Waals surface area contributed by atoms with Gasteiger partial charge in [-0.3, -0.25) is 10.1 Å². The minimum atomic E-state index is -0.454. The van der Waals surface area contributed by atoms with Gasteiger partial charge >= 0.3 is 0 Å². The number of rotatable bonds is 4. The highest BCUT2D eigenvalue weighted by molar-refractivity contribution is 5.75. The largest absolute Gasteiger partial charge is 0.441 e. The van der Waals surface area contributed by atoms with Crippen molar-refractivity contribution in [2.75, 3.05) is 0 Å². The maximum atomic E-state index is 10.7. The molecular formula is C16H11N3O3. The lowest BCUT2D eigenvalue weighted by atomic mass is 10.1. The zero-order chi connectivity index (χ0) is 15.5. The first-order valence-electron chi connectivity index (χ1n) is 6.68. The summed E-state index contributed by atoms with van der Waals surface area (Å²) in [6.45, 7) is 0. The summed E-state index contributed by atoms with van der Waals surface area (Å²) < 4.78 is 5.58. The van der Waals surface area contributed by atoms with Crippen LogP contribution in [0, 0.1) is 21.4 Å².